The van der Waals surface area contributed by atoms with E-state index in [-0.39, 0.29) is 6.10 Å². The fraction of sp³-hybridized carbons (Fsp3) is 0.250. The number of imidazole rings is 1. The number of nitrogens with zero attached hydrogens (tertiary/aromatic N) is 5. The topological polar surface area (TPSA) is 56.8 Å². The zero-order chi connectivity index (χ0) is 25.9. The van der Waals surface area contributed by atoms with Crippen molar-refractivity contribution in [1.29, 1.82) is 5.26 Å². The van der Waals surface area contributed by atoms with Gasteiger partial charge in [0.2, 0.25) is 0 Å². The van der Waals surface area contributed by atoms with Crippen molar-refractivity contribution in [2.24, 2.45) is 0 Å². The average Bonchev–Trinajstić information content (AvgIpc) is 3.35. The zero-order valence-corrected chi connectivity index (χ0v) is 21.6. The molecule has 1 fully saturated rings. The Kier molecular flexibility index (Phi) is 6.78. The highest BCUT2D eigenvalue weighted by Crippen LogP contribution is 2.30. The molecule has 0 N–H and O–H groups in total. The Labute approximate surface area is 223 Å². The van der Waals surface area contributed by atoms with Crippen LogP contribution in [0.25, 0.3) is 16.7 Å². The Morgan fingerprint density at radius 3 is 2.16 bits per heavy atom. The maximum Gasteiger partial charge on any atom is 0.157 e. The number of ether oxygens (including phenoxy) is 1. The first-order valence-corrected chi connectivity index (χ1v) is 13.2. The van der Waals surface area contributed by atoms with Crippen molar-refractivity contribution in [3.8, 4) is 6.07 Å². The second-order valence-corrected chi connectivity index (χ2v) is 9.83. The maximum atomic E-state index is 9.81. The molecule has 6 nitrogen and oxygen atoms in total. The van der Waals surface area contributed by atoms with Crippen molar-refractivity contribution >= 4 is 22.5 Å². The zero-order valence-electron chi connectivity index (χ0n) is 21.6. The number of aryl methyl sites for hydroxylation is 1. The van der Waals surface area contributed by atoms with Crippen LogP contribution in [0.15, 0.2) is 91.0 Å². The third-order valence-corrected chi connectivity index (χ3v) is 7.46. The molecule has 0 radical (unpaired) electrons. The average molecular weight is 502 g/mol. The predicted octanol–water partition coefficient (Wildman–Crippen LogP) is 5.60. The van der Waals surface area contributed by atoms with Gasteiger partial charge < -0.3 is 9.64 Å². The first-order valence-electron chi connectivity index (χ1n) is 13.2. The number of pyridine rings is 1. The minimum Gasteiger partial charge on any atom is -0.367 e. The second kappa shape index (κ2) is 10.7. The molecule has 0 unspecified atom stereocenters. The standard InChI is InChI=1S/C32H31N5O/c1-24-22-30(37-29-15-9-8-14-28(29)34-32(37)27(24)23-33)36-18-16-35(17-19-36)20-21-38-31(25-10-4-2-5-11-25)26-12-6-3-7-13-26/h2-15,22,31H,16-21H2,1H3. The number of para-hydroxylation sites is 2. The first-order chi connectivity index (χ1) is 18.7. The highest BCUT2D eigenvalue weighted by Gasteiger charge is 2.23. The van der Waals surface area contributed by atoms with Gasteiger partial charge in [0.1, 0.15) is 18.0 Å². The summed E-state index contributed by atoms with van der Waals surface area (Å²) in [5.74, 6) is 1.11. The Morgan fingerprint density at radius 2 is 1.50 bits per heavy atom. The van der Waals surface area contributed by atoms with Gasteiger partial charge >= 0.3 is 0 Å². The molecule has 1 aliphatic rings. The number of anilines is 1. The summed E-state index contributed by atoms with van der Waals surface area (Å²) in [4.78, 5) is 9.71. The number of benzene rings is 3. The van der Waals surface area contributed by atoms with Gasteiger partial charge in [0.25, 0.3) is 0 Å². The van der Waals surface area contributed by atoms with E-state index in [1.807, 2.05) is 37.3 Å². The fourth-order valence-electron chi connectivity index (χ4n) is 5.44. The van der Waals surface area contributed by atoms with E-state index in [9.17, 15) is 5.26 Å². The third kappa shape index (κ3) is 4.63. The van der Waals surface area contributed by atoms with Gasteiger partial charge in [-0.05, 0) is 41.8 Å². The molecule has 3 heterocycles. The van der Waals surface area contributed by atoms with Gasteiger partial charge in [0, 0.05) is 32.7 Å². The molecule has 1 saturated heterocycles. The molecular weight excluding hydrogens is 470 g/mol. The third-order valence-electron chi connectivity index (χ3n) is 7.46. The van der Waals surface area contributed by atoms with Crippen LogP contribution in [0.2, 0.25) is 0 Å². The van der Waals surface area contributed by atoms with Gasteiger partial charge in [0.05, 0.1) is 23.2 Å². The summed E-state index contributed by atoms with van der Waals surface area (Å²) in [5, 5.41) is 9.81. The van der Waals surface area contributed by atoms with E-state index >= 15 is 0 Å². The lowest BCUT2D eigenvalue weighted by Crippen LogP contribution is -2.48. The van der Waals surface area contributed by atoms with E-state index in [0.717, 1.165) is 60.8 Å². The lowest BCUT2D eigenvalue weighted by molar-refractivity contribution is 0.0586. The number of rotatable bonds is 7. The van der Waals surface area contributed by atoms with Crippen molar-refractivity contribution in [2.45, 2.75) is 13.0 Å². The Bertz CT molecular complexity index is 1540. The largest absolute Gasteiger partial charge is 0.367 e. The van der Waals surface area contributed by atoms with Crippen LogP contribution in [0.5, 0.6) is 0 Å². The number of piperazine rings is 1. The van der Waals surface area contributed by atoms with Crippen molar-refractivity contribution < 1.29 is 4.74 Å². The Hall–Kier alpha value is -4.18. The highest BCUT2D eigenvalue weighted by atomic mass is 16.5. The van der Waals surface area contributed by atoms with Gasteiger partial charge in [-0.25, -0.2) is 4.98 Å². The summed E-state index contributed by atoms with van der Waals surface area (Å²) < 4.78 is 8.62. The van der Waals surface area contributed by atoms with E-state index in [4.69, 9.17) is 9.72 Å². The number of hydrogen-bond acceptors (Lipinski definition) is 5. The summed E-state index contributed by atoms with van der Waals surface area (Å²) in [5.41, 5.74) is 6.66. The van der Waals surface area contributed by atoms with E-state index < -0.39 is 0 Å². The van der Waals surface area contributed by atoms with Crippen LogP contribution in [0, 0.1) is 18.3 Å². The van der Waals surface area contributed by atoms with Crippen LogP contribution in [0.1, 0.15) is 28.4 Å². The summed E-state index contributed by atoms with van der Waals surface area (Å²) in [6.07, 6.45) is -0.0666. The van der Waals surface area contributed by atoms with Gasteiger partial charge in [-0.1, -0.05) is 72.8 Å². The van der Waals surface area contributed by atoms with Crippen molar-refractivity contribution in [3.63, 3.8) is 0 Å². The van der Waals surface area contributed by atoms with Crippen molar-refractivity contribution in [3.05, 3.63) is 113 Å². The van der Waals surface area contributed by atoms with Crippen LogP contribution >= 0.6 is 0 Å². The molecule has 0 spiro atoms. The van der Waals surface area contributed by atoms with E-state index in [1.54, 1.807) is 0 Å². The molecule has 5 aromatic rings. The molecule has 190 valence electrons. The molecule has 0 bridgehead atoms. The Balaban J connectivity index is 1.15. The molecular formula is C32H31N5O. The smallest absolute Gasteiger partial charge is 0.157 e. The van der Waals surface area contributed by atoms with Crippen LogP contribution in [-0.2, 0) is 4.74 Å². The quantitative estimate of drug-likeness (QED) is 0.291. The summed E-state index contributed by atoms with van der Waals surface area (Å²) in [7, 11) is 0. The molecule has 2 aromatic heterocycles. The molecule has 3 aromatic carbocycles. The lowest BCUT2D eigenvalue weighted by Gasteiger charge is -2.36. The van der Waals surface area contributed by atoms with Gasteiger partial charge in [-0.15, -0.1) is 0 Å². The van der Waals surface area contributed by atoms with Crippen LogP contribution in [-0.4, -0.2) is 53.6 Å². The SMILES string of the molecule is Cc1cc(N2CCN(CCOC(c3ccccc3)c3ccccc3)CC2)n2c(nc3ccccc32)c1C#N. The van der Waals surface area contributed by atoms with Crippen LogP contribution < -0.4 is 4.90 Å². The minimum absolute atomic E-state index is 0.0666. The maximum absolute atomic E-state index is 9.81. The molecule has 0 atom stereocenters. The number of aromatic nitrogens is 2. The molecule has 6 rings (SSSR count). The summed E-state index contributed by atoms with van der Waals surface area (Å²) in [6.45, 7) is 7.29. The number of nitriles is 1. The fourth-order valence-corrected chi connectivity index (χ4v) is 5.44. The molecule has 6 heteroatoms. The normalized spacial score (nSPS) is 14.4. The van der Waals surface area contributed by atoms with Gasteiger partial charge in [0.15, 0.2) is 5.65 Å². The molecule has 1 aliphatic heterocycles. The number of fused-ring (bicyclic) bond motifs is 3. The van der Waals surface area contributed by atoms with Crippen LogP contribution in [0.3, 0.4) is 0 Å². The van der Waals surface area contributed by atoms with Crippen LogP contribution in [0.4, 0.5) is 5.82 Å². The lowest BCUT2D eigenvalue weighted by atomic mass is 10.0. The number of hydrogen-bond donors (Lipinski definition) is 0. The molecule has 0 aliphatic carbocycles. The second-order valence-electron chi connectivity index (χ2n) is 9.83. The van der Waals surface area contributed by atoms with Gasteiger partial charge in [-0.2, -0.15) is 5.26 Å². The first kappa shape index (κ1) is 24.2. The van der Waals surface area contributed by atoms with E-state index in [2.05, 4.69) is 80.9 Å². The van der Waals surface area contributed by atoms with E-state index in [1.165, 1.54) is 11.1 Å². The molecule has 38 heavy (non-hydrogen) atoms. The minimum atomic E-state index is -0.0666. The highest BCUT2D eigenvalue weighted by molar-refractivity contribution is 5.85. The molecule has 0 amide bonds. The molecule has 0 saturated carbocycles. The van der Waals surface area contributed by atoms with Gasteiger partial charge in [-0.3, -0.25) is 9.30 Å². The predicted molar refractivity (Wildman–Crippen MR) is 151 cm³/mol. The summed E-state index contributed by atoms with van der Waals surface area (Å²) in [6, 6.07) is 33.5. The summed E-state index contributed by atoms with van der Waals surface area (Å²) >= 11 is 0. The van der Waals surface area contributed by atoms with Crippen molar-refractivity contribution in [1.82, 2.24) is 14.3 Å². The Morgan fingerprint density at radius 1 is 0.868 bits per heavy atom. The monoisotopic (exact) mass is 501 g/mol. The van der Waals surface area contributed by atoms with Crippen molar-refractivity contribution in [2.75, 3.05) is 44.2 Å². The van der Waals surface area contributed by atoms with E-state index in [0.29, 0.717) is 12.2 Å².